The summed E-state index contributed by atoms with van der Waals surface area (Å²) in [5.74, 6) is -1.09. The summed E-state index contributed by atoms with van der Waals surface area (Å²) in [6.45, 7) is 2.48. The Morgan fingerprint density at radius 1 is 0.868 bits per heavy atom. The lowest BCUT2D eigenvalue weighted by Gasteiger charge is -2.13. The van der Waals surface area contributed by atoms with Crippen molar-refractivity contribution in [3.05, 3.63) is 94.5 Å². The largest absolute Gasteiger partial charge is 0.376 e. The van der Waals surface area contributed by atoms with Gasteiger partial charge in [0.15, 0.2) is 11.6 Å². The Labute approximate surface area is 217 Å². The molecule has 11 nitrogen and oxygen atoms in total. The Kier molecular flexibility index (Phi) is 7.35. The van der Waals surface area contributed by atoms with Crippen molar-refractivity contribution < 1.29 is 22.8 Å². The van der Waals surface area contributed by atoms with E-state index >= 15 is 0 Å². The lowest BCUT2D eigenvalue weighted by molar-refractivity contribution is -0.115. The van der Waals surface area contributed by atoms with E-state index < -0.39 is 21.5 Å². The number of aromatic nitrogens is 2. The minimum absolute atomic E-state index is 0.0505. The standard InChI is InChI=1S/C26H23N5O6S/c1-16(32)19-7-3-5-9-22(19)27-14-25(34)29-31-15-28-23-12-11-18(13-21(23)26(31)35)38(36,37)30-24-10-6-4-8-20(24)17(2)33/h3-13,15,27,30H,14H2,1-2H3,(H,29,34). The number of Topliss-reactive ketones (excluding diaryl/α,β-unsaturated/α-hetero) is 2. The zero-order valence-corrected chi connectivity index (χ0v) is 21.2. The summed E-state index contributed by atoms with van der Waals surface area (Å²) in [5.41, 5.74) is 3.10. The molecule has 1 heterocycles. The van der Waals surface area contributed by atoms with Crippen molar-refractivity contribution in [2.75, 3.05) is 22.0 Å². The van der Waals surface area contributed by atoms with E-state index in [9.17, 15) is 27.6 Å². The molecule has 0 unspecified atom stereocenters. The number of sulfonamides is 1. The lowest BCUT2D eigenvalue weighted by atomic mass is 10.1. The van der Waals surface area contributed by atoms with Gasteiger partial charge >= 0.3 is 0 Å². The SMILES string of the molecule is CC(=O)c1ccccc1NCC(=O)Nn1cnc2ccc(S(=O)(=O)Nc3ccccc3C(C)=O)cc2c1=O. The van der Waals surface area contributed by atoms with Gasteiger partial charge in [-0.1, -0.05) is 24.3 Å². The molecule has 0 atom stereocenters. The number of carbonyl (C=O) groups excluding carboxylic acids is 3. The number of para-hydroxylation sites is 2. The smallest absolute Gasteiger partial charge is 0.280 e. The molecular formula is C26H23N5O6S. The highest BCUT2D eigenvalue weighted by atomic mass is 32.2. The Morgan fingerprint density at radius 3 is 2.13 bits per heavy atom. The highest BCUT2D eigenvalue weighted by Crippen LogP contribution is 2.22. The van der Waals surface area contributed by atoms with Crippen LogP contribution in [0.1, 0.15) is 34.6 Å². The molecule has 0 aliphatic heterocycles. The fourth-order valence-electron chi connectivity index (χ4n) is 3.72. The minimum Gasteiger partial charge on any atom is -0.376 e. The van der Waals surface area contributed by atoms with Crippen molar-refractivity contribution in [2.45, 2.75) is 18.7 Å². The summed E-state index contributed by atoms with van der Waals surface area (Å²) in [7, 11) is -4.17. The number of hydrogen-bond acceptors (Lipinski definition) is 8. The molecule has 38 heavy (non-hydrogen) atoms. The third-order valence-electron chi connectivity index (χ3n) is 5.58. The second-order valence-corrected chi connectivity index (χ2v) is 9.98. The molecule has 0 spiro atoms. The van der Waals surface area contributed by atoms with E-state index in [-0.39, 0.29) is 45.2 Å². The first-order chi connectivity index (χ1) is 18.1. The van der Waals surface area contributed by atoms with Crippen LogP contribution in [0.25, 0.3) is 10.9 Å². The number of fused-ring (bicyclic) bond motifs is 1. The quantitative estimate of drug-likeness (QED) is 0.277. The summed E-state index contributed by atoms with van der Waals surface area (Å²) >= 11 is 0. The van der Waals surface area contributed by atoms with Gasteiger partial charge in [0, 0.05) is 16.8 Å². The molecule has 0 aliphatic rings. The van der Waals surface area contributed by atoms with E-state index in [1.165, 1.54) is 38.1 Å². The Morgan fingerprint density at radius 2 is 1.47 bits per heavy atom. The van der Waals surface area contributed by atoms with Crippen LogP contribution in [0.2, 0.25) is 0 Å². The zero-order chi connectivity index (χ0) is 27.4. The summed E-state index contributed by atoms with van der Waals surface area (Å²) in [6.07, 6.45) is 1.11. The number of nitrogens with one attached hydrogen (secondary N) is 3. The molecule has 1 aromatic heterocycles. The van der Waals surface area contributed by atoms with Crippen LogP contribution < -0.4 is 21.0 Å². The third-order valence-corrected chi connectivity index (χ3v) is 6.94. The maximum Gasteiger partial charge on any atom is 0.280 e. The summed E-state index contributed by atoms with van der Waals surface area (Å²) in [5, 5.41) is 2.81. The van der Waals surface area contributed by atoms with Crippen molar-refractivity contribution in [3.8, 4) is 0 Å². The molecule has 0 saturated heterocycles. The first kappa shape index (κ1) is 26.2. The van der Waals surface area contributed by atoms with Gasteiger partial charge in [-0.25, -0.2) is 18.1 Å². The molecule has 194 valence electrons. The first-order valence-corrected chi connectivity index (χ1v) is 12.8. The molecule has 0 aliphatic carbocycles. The van der Waals surface area contributed by atoms with E-state index in [1.807, 2.05) is 0 Å². The number of nitrogens with zero attached hydrogens (tertiary/aromatic N) is 2. The summed E-state index contributed by atoms with van der Waals surface area (Å²) in [6, 6.07) is 16.7. The summed E-state index contributed by atoms with van der Waals surface area (Å²) in [4.78, 5) is 53.1. The topological polar surface area (TPSA) is 156 Å². The molecule has 4 rings (SSSR count). The zero-order valence-electron chi connectivity index (χ0n) is 20.4. The van der Waals surface area contributed by atoms with Crippen LogP contribution in [0.15, 0.2) is 82.7 Å². The van der Waals surface area contributed by atoms with Crippen molar-refractivity contribution in [3.63, 3.8) is 0 Å². The van der Waals surface area contributed by atoms with Crippen LogP contribution in [0.4, 0.5) is 11.4 Å². The normalized spacial score (nSPS) is 11.1. The van der Waals surface area contributed by atoms with E-state index in [0.717, 1.165) is 17.1 Å². The predicted octanol–water partition coefficient (Wildman–Crippen LogP) is 2.78. The Bertz CT molecular complexity index is 1750. The highest BCUT2D eigenvalue weighted by molar-refractivity contribution is 7.92. The van der Waals surface area contributed by atoms with Gasteiger partial charge in [0.05, 0.1) is 28.0 Å². The fraction of sp³-hybridized carbons (Fsp3) is 0.115. The van der Waals surface area contributed by atoms with E-state index in [2.05, 4.69) is 20.4 Å². The molecule has 0 saturated carbocycles. The fourth-order valence-corrected chi connectivity index (χ4v) is 4.83. The van der Waals surface area contributed by atoms with Crippen LogP contribution in [0, 0.1) is 0 Å². The molecule has 4 aromatic rings. The molecule has 0 radical (unpaired) electrons. The van der Waals surface area contributed by atoms with Gasteiger partial charge in [0.1, 0.15) is 6.33 Å². The van der Waals surface area contributed by atoms with Crippen LogP contribution in [-0.4, -0.2) is 42.1 Å². The molecule has 0 fully saturated rings. The van der Waals surface area contributed by atoms with E-state index in [4.69, 9.17) is 0 Å². The number of ketones is 2. The van der Waals surface area contributed by atoms with Crippen molar-refractivity contribution in [2.24, 2.45) is 0 Å². The second kappa shape index (κ2) is 10.6. The van der Waals surface area contributed by atoms with E-state index in [0.29, 0.717) is 11.3 Å². The molecule has 3 N–H and O–H groups in total. The average Bonchev–Trinajstić information content (AvgIpc) is 2.89. The number of carbonyl (C=O) groups is 3. The van der Waals surface area contributed by atoms with Gasteiger partial charge in [-0.15, -0.1) is 0 Å². The maximum absolute atomic E-state index is 13.0. The van der Waals surface area contributed by atoms with Gasteiger partial charge in [-0.05, 0) is 56.3 Å². The van der Waals surface area contributed by atoms with Crippen molar-refractivity contribution in [1.29, 1.82) is 0 Å². The van der Waals surface area contributed by atoms with Gasteiger partial charge < -0.3 is 5.32 Å². The Hall–Kier alpha value is -4.84. The van der Waals surface area contributed by atoms with Gasteiger partial charge in [-0.2, -0.15) is 0 Å². The molecule has 1 amide bonds. The van der Waals surface area contributed by atoms with Crippen LogP contribution >= 0.6 is 0 Å². The maximum atomic E-state index is 13.0. The Balaban J connectivity index is 1.57. The van der Waals surface area contributed by atoms with Crippen LogP contribution in [0.3, 0.4) is 0 Å². The predicted molar refractivity (Wildman–Crippen MR) is 143 cm³/mol. The first-order valence-electron chi connectivity index (χ1n) is 11.3. The number of amides is 1. The van der Waals surface area contributed by atoms with Crippen molar-refractivity contribution in [1.82, 2.24) is 9.66 Å². The number of benzene rings is 3. The number of anilines is 2. The van der Waals surface area contributed by atoms with Crippen LogP contribution in [0.5, 0.6) is 0 Å². The van der Waals surface area contributed by atoms with Gasteiger partial charge in [0.25, 0.3) is 21.5 Å². The monoisotopic (exact) mass is 533 g/mol. The third kappa shape index (κ3) is 5.60. The van der Waals surface area contributed by atoms with Gasteiger partial charge in [0.2, 0.25) is 0 Å². The average molecular weight is 534 g/mol. The molecular weight excluding hydrogens is 510 g/mol. The molecule has 3 aromatic carbocycles. The van der Waals surface area contributed by atoms with E-state index in [1.54, 1.807) is 36.4 Å². The highest BCUT2D eigenvalue weighted by Gasteiger charge is 2.19. The second-order valence-electron chi connectivity index (χ2n) is 8.30. The molecule has 12 heteroatoms. The lowest BCUT2D eigenvalue weighted by Crippen LogP contribution is -2.36. The number of hydrogen-bond donors (Lipinski definition) is 3. The summed E-state index contributed by atoms with van der Waals surface area (Å²) < 4.78 is 29.3. The number of rotatable bonds is 9. The van der Waals surface area contributed by atoms with Crippen LogP contribution in [-0.2, 0) is 14.8 Å². The van der Waals surface area contributed by atoms with Gasteiger partial charge in [-0.3, -0.25) is 29.3 Å². The molecule has 0 bridgehead atoms. The van der Waals surface area contributed by atoms with Crippen molar-refractivity contribution >= 4 is 49.8 Å². The minimum atomic E-state index is -4.17.